The largest absolute Gasteiger partial charge is 0.239 e. The predicted molar refractivity (Wildman–Crippen MR) is 82.5 cm³/mol. The van der Waals surface area contributed by atoms with Crippen molar-refractivity contribution in [3.8, 4) is 17.2 Å². The van der Waals surface area contributed by atoms with Gasteiger partial charge in [0.15, 0.2) is 0 Å². The molecule has 21 heavy (non-hydrogen) atoms. The summed E-state index contributed by atoms with van der Waals surface area (Å²) < 4.78 is 14.9. The van der Waals surface area contributed by atoms with Crippen LogP contribution in [0.1, 0.15) is 43.2 Å². The van der Waals surface area contributed by atoms with Crippen molar-refractivity contribution in [2.45, 2.75) is 37.8 Å². The highest BCUT2D eigenvalue weighted by Gasteiger charge is 2.33. The maximum atomic E-state index is 14.9. The van der Waals surface area contributed by atoms with Crippen molar-refractivity contribution >= 4 is 0 Å². The number of halogens is 1. The molecule has 0 saturated heterocycles. The van der Waals surface area contributed by atoms with Gasteiger partial charge in [-0.15, -0.1) is 0 Å². The lowest BCUT2D eigenvalue weighted by molar-refractivity contribution is 0.106. The highest BCUT2D eigenvalue weighted by atomic mass is 19.1. The van der Waals surface area contributed by atoms with Crippen LogP contribution in [0.25, 0.3) is 11.1 Å². The molecule has 1 fully saturated rings. The predicted octanol–water partition coefficient (Wildman–Crippen LogP) is 5.35. The molecule has 0 atom stereocenters. The Kier molecular flexibility index (Phi) is 3.75. The SMILES string of the molecule is N#Cc1ccc(-c2ccc(C3(F)CCCCC3)cc2)cc1. The molecule has 0 radical (unpaired) electrons. The second-order valence-corrected chi connectivity index (χ2v) is 5.79. The van der Waals surface area contributed by atoms with Crippen LogP contribution in [0.4, 0.5) is 4.39 Å². The summed E-state index contributed by atoms with van der Waals surface area (Å²) in [5, 5.41) is 8.82. The van der Waals surface area contributed by atoms with Gasteiger partial charge in [-0.05, 0) is 54.5 Å². The van der Waals surface area contributed by atoms with Crippen molar-refractivity contribution in [3.05, 3.63) is 59.7 Å². The van der Waals surface area contributed by atoms with E-state index in [-0.39, 0.29) is 0 Å². The third-order valence-corrected chi connectivity index (χ3v) is 4.40. The van der Waals surface area contributed by atoms with Gasteiger partial charge >= 0.3 is 0 Å². The van der Waals surface area contributed by atoms with Gasteiger partial charge in [-0.25, -0.2) is 4.39 Å². The topological polar surface area (TPSA) is 23.8 Å². The van der Waals surface area contributed by atoms with Crippen molar-refractivity contribution in [3.63, 3.8) is 0 Å². The molecule has 1 aliphatic carbocycles. The number of rotatable bonds is 2. The molecule has 1 saturated carbocycles. The number of alkyl halides is 1. The summed E-state index contributed by atoms with van der Waals surface area (Å²) in [6.07, 6.45) is 4.39. The van der Waals surface area contributed by atoms with Gasteiger partial charge in [-0.2, -0.15) is 5.26 Å². The van der Waals surface area contributed by atoms with Crippen LogP contribution in [-0.2, 0) is 5.67 Å². The Bertz CT molecular complexity index is 643. The molecule has 0 aromatic heterocycles. The van der Waals surface area contributed by atoms with Gasteiger partial charge in [-0.1, -0.05) is 42.8 Å². The van der Waals surface area contributed by atoms with E-state index in [1.807, 2.05) is 36.4 Å². The fraction of sp³-hybridized carbons (Fsp3) is 0.316. The lowest BCUT2D eigenvalue weighted by Crippen LogP contribution is -2.23. The van der Waals surface area contributed by atoms with Crippen molar-refractivity contribution in [1.82, 2.24) is 0 Å². The summed E-state index contributed by atoms with van der Waals surface area (Å²) in [6.45, 7) is 0. The average Bonchev–Trinajstić information content (AvgIpc) is 2.56. The summed E-state index contributed by atoms with van der Waals surface area (Å²) in [4.78, 5) is 0. The van der Waals surface area contributed by atoms with Crippen LogP contribution >= 0.6 is 0 Å². The minimum absolute atomic E-state index is 0.642. The molecule has 0 N–H and O–H groups in total. The van der Waals surface area contributed by atoms with E-state index in [9.17, 15) is 4.39 Å². The van der Waals surface area contributed by atoms with Gasteiger partial charge in [0, 0.05) is 0 Å². The molecule has 0 bridgehead atoms. The monoisotopic (exact) mass is 279 g/mol. The molecule has 2 heteroatoms. The van der Waals surface area contributed by atoms with E-state index in [4.69, 9.17) is 5.26 Å². The van der Waals surface area contributed by atoms with Gasteiger partial charge in [0.2, 0.25) is 0 Å². The van der Waals surface area contributed by atoms with Crippen molar-refractivity contribution < 1.29 is 4.39 Å². The van der Waals surface area contributed by atoms with Crippen LogP contribution < -0.4 is 0 Å². The van der Waals surface area contributed by atoms with Gasteiger partial charge in [-0.3, -0.25) is 0 Å². The minimum Gasteiger partial charge on any atom is -0.239 e. The molecular formula is C19H18FN. The van der Waals surface area contributed by atoms with Crippen LogP contribution in [0.3, 0.4) is 0 Å². The van der Waals surface area contributed by atoms with Crippen molar-refractivity contribution in [2.75, 3.05) is 0 Å². The molecule has 0 aliphatic heterocycles. The number of hydrogen-bond acceptors (Lipinski definition) is 1. The maximum absolute atomic E-state index is 14.9. The zero-order chi connectivity index (χ0) is 14.7. The second-order valence-electron chi connectivity index (χ2n) is 5.79. The Morgan fingerprint density at radius 3 is 1.86 bits per heavy atom. The molecule has 1 aliphatic rings. The quantitative estimate of drug-likeness (QED) is 0.726. The van der Waals surface area contributed by atoms with E-state index in [0.717, 1.165) is 36.0 Å². The minimum atomic E-state index is -1.14. The number of nitrogens with zero attached hydrogens (tertiary/aromatic N) is 1. The highest BCUT2D eigenvalue weighted by molar-refractivity contribution is 5.64. The fourth-order valence-corrected chi connectivity index (χ4v) is 3.10. The van der Waals surface area contributed by atoms with E-state index >= 15 is 0 Å². The maximum Gasteiger partial charge on any atom is 0.136 e. The first-order valence-corrected chi connectivity index (χ1v) is 7.51. The number of benzene rings is 2. The first-order chi connectivity index (χ1) is 10.2. The van der Waals surface area contributed by atoms with Crippen molar-refractivity contribution in [2.24, 2.45) is 0 Å². The van der Waals surface area contributed by atoms with E-state index < -0.39 is 5.67 Å². The van der Waals surface area contributed by atoms with Crippen LogP contribution in [0.2, 0.25) is 0 Å². The molecule has 0 amide bonds. The first-order valence-electron chi connectivity index (χ1n) is 7.51. The lowest BCUT2D eigenvalue weighted by Gasteiger charge is -2.30. The third kappa shape index (κ3) is 2.83. The molecule has 3 rings (SSSR count). The Balaban J connectivity index is 1.84. The van der Waals surface area contributed by atoms with E-state index in [0.29, 0.717) is 18.4 Å². The lowest BCUT2D eigenvalue weighted by atomic mass is 9.81. The Hall–Kier alpha value is -2.14. The molecule has 0 unspecified atom stereocenters. The van der Waals surface area contributed by atoms with Crippen LogP contribution in [0.15, 0.2) is 48.5 Å². The van der Waals surface area contributed by atoms with Gasteiger partial charge in [0.1, 0.15) is 5.67 Å². The molecular weight excluding hydrogens is 261 g/mol. The Morgan fingerprint density at radius 2 is 1.33 bits per heavy atom. The van der Waals surface area contributed by atoms with Gasteiger partial charge in [0.05, 0.1) is 11.6 Å². The molecule has 0 spiro atoms. The fourth-order valence-electron chi connectivity index (χ4n) is 3.10. The Morgan fingerprint density at radius 1 is 0.810 bits per heavy atom. The molecule has 2 aromatic rings. The second kappa shape index (κ2) is 5.69. The van der Waals surface area contributed by atoms with Gasteiger partial charge in [0.25, 0.3) is 0 Å². The standard InChI is InChI=1S/C19H18FN/c20-19(12-2-1-3-13-19)18-10-8-17(9-11-18)16-6-4-15(14-21)5-7-16/h4-11H,1-3,12-13H2. The molecule has 2 aromatic carbocycles. The van der Waals surface area contributed by atoms with Crippen LogP contribution in [0, 0.1) is 11.3 Å². The van der Waals surface area contributed by atoms with E-state index in [1.165, 1.54) is 0 Å². The van der Waals surface area contributed by atoms with Crippen LogP contribution in [-0.4, -0.2) is 0 Å². The highest BCUT2D eigenvalue weighted by Crippen LogP contribution is 2.41. The summed E-state index contributed by atoms with van der Waals surface area (Å²) in [5.41, 5.74) is 2.43. The molecule has 1 nitrogen and oxygen atoms in total. The summed E-state index contributed by atoms with van der Waals surface area (Å²) in [6, 6.07) is 17.4. The third-order valence-electron chi connectivity index (χ3n) is 4.40. The molecule has 106 valence electrons. The molecule has 0 heterocycles. The van der Waals surface area contributed by atoms with Crippen molar-refractivity contribution in [1.29, 1.82) is 5.26 Å². The summed E-state index contributed by atoms with van der Waals surface area (Å²) in [7, 11) is 0. The summed E-state index contributed by atoms with van der Waals surface area (Å²) >= 11 is 0. The van der Waals surface area contributed by atoms with Gasteiger partial charge < -0.3 is 0 Å². The normalized spacial score (nSPS) is 17.1. The number of nitriles is 1. The van der Waals surface area contributed by atoms with Crippen LogP contribution in [0.5, 0.6) is 0 Å². The zero-order valence-corrected chi connectivity index (χ0v) is 12.0. The number of hydrogen-bond donors (Lipinski definition) is 0. The summed E-state index contributed by atoms with van der Waals surface area (Å²) in [5.74, 6) is 0. The van der Waals surface area contributed by atoms with E-state index in [2.05, 4.69) is 6.07 Å². The Labute approximate surface area is 125 Å². The average molecular weight is 279 g/mol. The zero-order valence-electron chi connectivity index (χ0n) is 12.0. The smallest absolute Gasteiger partial charge is 0.136 e. The first kappa shape index (κ1) is 13.8. The van der Waals surface area contributed by atoms with E-state index in [1.54, 1.807) is 12.1 Å².